The predicted molar refractivity (Wildman–Crippen MR) is 72.6 cm³/mol. The Morgan fingerprint density at radius 3 is 3.00 bits per heavy atom. The van der Waals surface area contributed by atoms with E-state index in [9.17, 15) is 4.79 Å². The van der Waals surface area contributed by atoms with Crippen molar-refractivity contribution >= 4 is 17.3 Å². The molecule has 3 aromatic rings. The van der Waals surface area contributed by atoms with Crippen molar-refractivity contribution in [1.29, 1.82) is 0 Å². The van der Waals surface area contributed by atoms with E-state index >= 15 is 0 Å². The summed E-state index contributed by atoms with van der Waals surface area (Å²) in [5.74, 6) is 1.38. The van der Waals surface area contributed by atoms with Crippen LogP contribution in [-0.4, -0.2) is 26.0 Å². The molecule has 0 N–H and O–H groups in total. The average molecular weight is 270 g/mol. The van der Waals surface area contributed by atoms with E-state index in [0.717, 1.165) is 17.3 Å². The smallest absolute Gasteiger partial charge is 0.229 e. The lowest BCUT2D eigenvalue weighted by atomic mass is 10.2. The van der Waals surface area contributed by atoms with Gasteiger partial charge in [0, 0.05) is 29.3 Å². The summed E-state index contributed by atoms with van der Waals surface area (Å²) in [7, 11) is 0. The van der Waals surface area contributed by atoms with Crippen molar-refractivity contribution in [2.75, 3.05) is 0 Å². The molecule has 6 heteroatoms. The number of rotatable bonds is 4. The van der Waals surface area contributed by atoms with Crippen LogP contribution in [-0.2, 0) is 6.54 Å². The van der Waals surface area contributed by atoms with Gasteiger partial charge in [-0.15, -0.1) is 0 Å². The second kappa shape index (κ2) is 4.88. The van der Waals surface area contributed by atoms with E-state index in [1.165, 1.54) is 0 Å². The number of hydrogen-bond donors (Lipinski definition) is 0. The molecular weight excluding hydrogens is 256 g/mol. The zero-order chi connectivity index (χ0) is 14.1. The lowest BCUT2D eigenvalue weighted by Gasteiger charge is -1.99. The molecule has 0 fully saturated rings. The number of aromatic nitrogens is 4. The maximum atomic E-state index is 11.1. The summed E-state index contributed by atoms with van der Waals surface area (Å²) in [5.41, 5.74) is 1.35. The fourth-order valence-electron chi connectivity index (χ4n) is 2.08. The van der Waals surface area contributed by atoms with E-state index in [-0.39, 0.29) is 5.92 Å². The molecule has 0 atom stereocenters. The number of fused-ring (bicyclic) bond motifs is 1. The molecule has 0 amide bonds. The summed E-state index contributed by atoms with van der Waals surface area (Å²) >= 11 is 0. The van der Waals surface area contributed by atoms with E-state index < -0.39 is 0 Å². The standard InChI is InChI=1S/C14H14N4O2/c1-9(2)14-16-12(17-20-14)7-18-6-10(8-19)11-4-3-5-15-13(11)18/h3-6,8-9H,7H2,1-2H3. The van der Waals surface area contributed by atoms with Crippen LogP contribution in [0.2, 0.25) is 0 Å². The third-order valence-electron chi connectivity index (χ3n) is 3.08. The van der Waals surface area contributed by atoms with Crippen molar-refractivity contribution in [3.8, 4) is 0 Å². The molecule has 0 spiro atoms. The molecule has 102 valence electrons. The van der Waals surface area contributed by atoms with Gasteiger partial charge in [0.05, 0.1) is 6.54 Å². The normalized spacial score (nSPS) is 11.3. The van der Waals surface area contributed by atoms with Gasteiger partial charge < -0.3 is 9.09 Å². The minimum absolute atomic E-state index is 0.196. The first kappa shape index (κ1) is 12.5. The monoisotopic (exact) mass is 270 g/mol. The average Bonchev–Trinajstić information content (AvgIpc) is 3.05. The Morgan fingerprint density at radius 1 is 1.45 bits per heavy atom. The minimum Gasteiger partial charge on any atom is -0.339 e. The first-order chi connectivity index (χ1) is 9.69. The van der Waals surface area contributed by atoms with Gasteiger partial charge in [-0.25, -0.2) is 4.98 Å². The largest absolute Gasteiger partial charge is 0.339 e. The van der Waals surface area contributed by atoms with Crippen molar-refractivity contribution in [3.63, 3.8) is 0 Å². The molecule has 0 saturated carbocycles. The third-order valence-corrected chi connectivity index (χ3v) is 3.08. The van der Waals surface area contributed by atoms with E-state index in [2.05, 4.69) is 15.1 Å². The van der Waals surface area contributed by atoms with E-state index in [4.69, 9.17) is 4.52 Å². The zero-order valence-electron chi connectivity index (χ0n) is 11.3. The van der Waals surface area contributed by atoms with Crippen LogP contribution in [0.3, 0.4) is 0 Å². The second-order valence-electron chi connectivity index (χ2n) is 4.91. The fourth-order valence-corrected chi connectivity index (χ4v) is 2.08. The van der Waals surface area contributed by atoms with Gasteiger partial charge in [0.25, 0.3) is 0 Å². The number of hydrogen-bond acceptors (Lipinski definition) is 5. The van der Waals surface area contributed by atoms with Crippen molar-refractivity contribution in [1.82, 2.24) is 19.7 Å². The molecule has 0 aromatic carbocycles. The first-order valence-electron chi connectivity index (χ1n) is 6.40. The molecule has 3 rings (SSSR count). The van der Waals surface area contributed by atoms with Crippen LogP contribution in [0, 0.1) is 0 Å². The number of aldehydes is 1. The van der Waals surface area contributed by atoms with Crippen LogP contribution in [0.25, 0.3) is 11.0 Å². The van der Waals surface area contributed by atoms with Gasteiger partial charge in [-0.2, -0.15) is 4.98 Å². The Balaban J connectivity index is 1.99. The topological polar surface area (TPSA) is 73.8 Å². The SMILES string of the molecule is CC(C)c1nc(Cn2cc(C=O)c3cccnc32)no1. The summed E-state index contributed by atoms with van der Waals surface area (Å²) in [6.45, 7) is 4.42. The van der Waals surface area contributed by atoms with E-state index in [1.54, 1.807) is 12.4 Å². The third kappa shape index (κ3) is 2.09. The molecule has 0 saturated heterocycles. The number of pyridine rings is 1. The predicted octanol–water partition coefficient (Wildman–Crippen LogP) is 2.40. The van der Waals surface area contributed by atoms with Crippen molar-refractivity contribution in [2.45, 2.75) is 26.3 Å². The number of carbonyl (C=O) groups is 1. The Labute approximate surface area is 115 Å². The summed E-state index contributed by atoms with van der Waals surface area (Å²) in [5, 5.41) is 4.78. The summed E-state index contributed by atoms with van der Waals surface area (Å²) < 4.78 is 7.03. The van der Waals surface area contributed by atoms with Crippen LogP contribution in [0.5, 0.6) is 0 Å². The molecule has 0 aliphatic carbocycles. The summed E-state index contributed by atoms with van der Waals surface area (Å²) in [6, 6.07) is 3.68. The maximum absolute atomic E-state index is 11.1. The van der Waals surface area contributed by atoms with E-state index in [0.29, 0.717) is 23.8 Å². The Bertz CT molecular complexity index is 757. The van der Waals surface area contributed by atoms with Gasteiger partial charge in [-0.3, -0.25) is 4.79 Å². The maximum Gasteiger partial charge on any atom is 0.229 e. The minimum atomic E-state index is 0.196. The molecule has 20 heavy (non-hydrogen) atoms. The molecule has 0 aliphatic heterocycles. The van der Waals surface area contributed by atoms with Gasteiger partial charge >= 0.3 is 0 Å². The highest BCUT2D eigenvalue weighted by Gasteiger charge is 2.13. The van der Waals surface area contributed by atoms with Gasteiger partial charge in [-0.05, 0) is 12.1 Å². The summed E-state index contributed by atoms with van der Waals surface area (Å²) in [4.78, 5) is 19.7. The molecule has 0 bridgehead atoms. The molecule has 6 nitrogen and oxygen atoms in total. The molecular formula is C14H14N4O2. The van der Waals surface area contributed by atoms with Crippen LogP contribution >= 0.6 is 0 Å². The highest BCUT2D eigenvalue weighted by atomic mass is 16.5. The molecule has 0 radical (unpaired) electrons. The van der Waals surface area contributed by atoms with Gasteiger partial charge in [0.15, 0.2) is 12.1 Å². The van der Waals surface area contributed by atoms with Crippen molar-refractivity contribution in [2.24, 2.45) is 0 Å². The van der Waals surface area contributed by atoms with Crippen LogP contribution in [0.4, 0.5) is 0 Å². The van der Waals surface area contributed by atoms with E-state index in [1.807, 2.05) is 30.5 Å². The Hall–Kier alpha value is -2.50. The summed E-state index contributed by atoms with van der Waals surface area (Å²) in [6.07, 6.45) is 4.29. The van der Waals surface area contributed by atoms with Gasteiger partial charge in [-0.1, -0.05) is 19.0 Å². The van der Waals surface area contributed by atoms with Gasteiger partial charge in [0.1, 0.15) is 5.65 Å². The number of nitrogens with zero attached hydrogens (tertiary/aromatic N) is 4. The zero-order valence-corrected chi connectivity index (χ0v) is 11.3. The Morgan fingerprint density at radius 2 is 2.30 bits per heavy atom. The lowest BCUT2D eigenvalue weighted by Crippen LogP contribution is -2.01. The van der Waals surface area contributed by atoms with Crippen LogP contribution < -0.4 is 0 Å². The van der Waals surface area contributed by atoms with Crippen molar-refractivity contribution < 1.29 is 9.32 Å². The highest BCUT2D eigenvalue weighted by Crippen LogP contribution is 2.19. The second-order valence-corrected chi connectivity index (χ2v) is 4.91. The highest BCUT2D eigenvalue weighted by molar-refractivity contribution is 5.95. The fraction of sp³-hybridized carbons (Fsp3) is 0.286. The molecule has 3 heterocycles. The van der Waals surface area contributed by atoms with Crippen LogP contribution in [0.15, 0.2) is 29.0 Å². The molecule has 0 aliphatic rings. The lowest BCUT2D eigenvalue weighted by molar-refractivity contribution is 0.112. The quantitative estimate of drug-likeness (QED) is 0.680. The Kier molecular flexibility index (Phi) is 3.06. The molecule has 0 unspecified atom stereocenters. The molecule has 3 aromatic heterocycles. The van der Waals surface area contributed by atoms with Crippen LogP contribution in [0.1, 0.15) is 41.8 Å². The van der Waals surface area contributed by atoms with Crippen molar-refractivity contribution in [3.05, 3.63) is 41.8 Å². The van der Waals surface area contributed by atoms with Gasteiger partial charge in [0.2, 0.25) is 5.89 Å². The first-order valence-corrected chi connectivity index (χ1v) is 6.40. The number of carbonyl (C=O) groups excluding carboxylic acids is 1.